The number of benzene rings is 3. The number of likely N-dealkylation sites (tertiary alicyclic amines) is 2. The lowest BCUT2D eigenvalue weighted by molar-refractivity contribution is -0.149. The van der Waals surface area contributed by atoms with E-state index in [4.69, 9.17) is 24.7 Å². The molecule has 2 aliphatic heterocycles. The summed E-state index contributed by atoms with van der Waals surface area (Å²) < 4.78 is 22.9. The first-order valence-electron chi connectivity index (χ1n) is 38.6. The molecule has 2 heterocycles. The molecular formula is C81H124N12O16. The molecule has 109 heavy (non-hydrogen) atoms. The lowest BCUT2D eigenvalue weighted by Gasteiger charge is -2.41. The largest absolute Gasteiger partial charge is 0.467 e. The molecule has 0 saturated carbocycles. The Morgan fingerprint density at radius 2 is 1.31 bits per heavy atom. The number of rotatable bonds is 44. The molecule has 2 saturated heterocycles. The molecule has 604 valence electrons. The fourth-order valence-corrected chi connectivity index (χ4v) is 14.4. The van der Waals surface area contributed by atoms with E-state index in [2.05, 4.69) is 31.9 Å². The molecule has 8 N–H and O–H groups in total. The van der Waals surface area contributed by atoms with Crippen molar-refractivity contribution in [2.75, 3.05) is 78.9 Å². The highest BCUT2D eigenvalue weighted by molar-refractivity contribution is 6.03. The maximum Gasteiger partial charge on any atom is 0.414 e. The normalized spacial score (nSPS) is 17.2. The Balaban J connectivity index is 1.13. The number of hydrogen-bond donors (Lipinski definition) is 7. The number of carbonyl (C=O) groups excluding carboxylic acids is 12. The number of nitrogens with zero attached hydrogens (tertiary/aromatic N) is 5. The summed E-state index contributed by atoms with van der Waals surface area (Å²) in [5, 5.41) is 16.9. The van der Waals surface area contributed by atoms with Crippen LogP contribution in [0, 0.1) is 41.4 Å². The van der Waals surface area contributed by atoms with Gasteiger partial charge in [0.25, 0.3) is 0 Å². The molecule has 1 unspecified atom stereocenters. The molecule has 2 aliphatic rings. The summed E-state index contributed by atoms with van der Waals surface area (Å²) in [6, 6.07) is 17.0. The van der Waals surface area contributed by atoms with Gasteiger partial charge in [-0.15, -0.1) is 0 Å². The number of imide groups is 1. The second kappa shape index (κ2) is 44.6. The molecule has 0 bridgehead atoms. The third-order valence-electron chi connectivity index (χ3n) is 21.1. The summed E-state index contributed by atoms with van der Waals surface area (Å²) in [6.07, 6.45) is 2.85. The summed E-state index contributed by atoms with van der Waals surface area (Å²) in [4.78, 5) is 170. The van der Waals surface area contributed by atoms with Gasteiger partial charge in [-0.3, -0.25) is 57.9 Å². The van der Waals surface area contributed by atoms with Crippen molar-refractivity contribution >= 4 is 82.6 Å². The number of urea groups is 1. The topological polar surface area (TPSA) is 356 Å². The van der Waals surface area contributed by atoms with Gasteiger partial charge in [-0.25, -0.2) is 14.4 Å². The van der Waals surface area contributed by atoms with Gasteiger partial charge in [-0.1, -0.05) is 144 Å². The third kappa shape index (κ3) is 26.9. The standard InChI is InChI=1S/C81H124N12O16/c1-18-53(10)71(64(106-15)47-67(96)92-43-26-30-63(92)72(107-16)54(11)73(97)86-62(79(103)108-17)45-56-27-21-19-22-28-56)91(14)78(102)69(51(6)7)88-76(100)70(52(8)9)89(12)44-40-55-34-38-59(39-35-55)90(13)81(105)109-48-57-32-36-58(37-33-57)84-74(98)61(29-25-41-83-80(82)104)85-75(99)68(50(4)5)87-65(94)31-23-20-24-42-93-66(95)46-60(49(2)3)77(93)101/h19,21-22,27-28,32-39,49-54,60-64,68-72H,18,20,23-26,29-31,40-48H2,1-17H3,(H,84,98)(H,85,99)(H,86,97)(H,87,94)(H,88,100)(H3,82,83,104)/t53-,54+,60?,61-,62-,63-,64+,68-,69-,70-,71-,72+/m0/s1. The zero-order chi connectivity index (χ0) is 80.9. The molecule has 12 amide bonds. The molecule has 2 fully saturated rings. The van der Waals surface area contributed by atoms with Gasteiger partial charge in [0.15, 0.2) is 0 Å². The minimum absolute atomic E-state index is 0.0687. The summed E-state index contributed by atoms with van der Waals surface area (Å²) >= 11 is 0. The number of unbranched alkanes of at least 4 members (excludes halogenated alkanes) is 2. The molecule has 28 nitrogen and oxygen atoms in total. The van der Waals surface area contributed by atoms with Gasteiger partial charge in [0.1, 0.15) is 30.8 Å². The fraction of sp³-hybridized carbons (Fsp3) is 0.630. The Hall–Kier alpha value is -9.02. The van der Waals surface area contributed by atoms with E-state index in [1.165, 1.54) is 31.1 Å². The van der Waals surface area contributed by atoms with Crippen LogP contribution in [0.1, 0.15) is 163 Å². The molecule has 3 aromatic carbocycles. The second-order valence-electron chi connectivity index (χ2n) is 30.5. The highest BCUT2D eigenvalue weighted by atomic mass is 16.6. The van der Waals surface area contributed by atoms with E-state index < -0.39 is 96.2 Å². The van der Waals surface area contributed by atoms with Crippen LogP contribution in [0.3, 0.4) is 0 Å². The third-order valence-corrected chi connectivity index (χ3v) is 21.1. The number of carbonyl (C=O) groups is 12. The zero-order valence-electron chi connectivity index (χ0n) is 67.3. The first-order chi connectivity index (χ1) is 51.7. The molecular weight excluding hydrogens is 1400 g/mol. The molecule has 5 rings (SSSR count). The lowest BCUT2D eigenvalue weighted by Crippen LogP contribution is -2.60. The van der Waals surface area contributed by atoms with Crippen LogP contribution in [0.2, 0.25) is 0 Å². The van der Waals surface area contributed by atoms with Gasteiger partial charge in [-0.05, 0) is 123 Å². The fourth-order valence-electron chi connectivity index (χ4n) is 14.4. The van der Waals surface area contributed by atoms with Gasteiger partial charge in [0.2, 0.25) is 53.2 Å². The Bertz CT molecular complexity index is 3490. The second-order valence-corrected chi connectivity index (χ2v) is 30.5. The first kappa shape index (κ1) is 90.6. The quantitative estimate of drug-likeness (QED) is 0.0163. The van der Waals surface area contributed by atoms with Gasteiger partial charge in [-0.2, -0.15) is 0 Å². The van der Waals surface area contributed by atoms with Gasteiger partial charge < -0.3 is 66.4 Å². The molecule has 28 heteroatoms. The van der Waals surface area contributed by atoms with Crippen LogP contribution in [-0.4, -0.2) is 214 Å². The van der Waals surface area contributed by atoms with Crippen molar-refractivity contribution in [3.63, 3.8) is 0 Å². The predicted molar refractivity (Wildman–Crippen MR) is 416 cm³/mol. The van der Waals surface area contributed by atoms with Crippen molar-refractivity contribution in [2.45, 2.75) is 221 Å². The van der Waals surface area contributed by atoms with Crippen molar-refractivity contribution in [2.24, 2.45) is 47.2 Å². The predicted octanol–water partition coefficient (Wildman–Crippen LogP) is 7.52. The zero-order valence-corrected chi connectivity index (χ0v) is 67.3. The van der Waals surface area contributed by atoms with Crippen molar-refractivity contribution in [3.05, 3.63) is 95.6 Å². The molecule has 0 radical (unpaired) electrons. The number of likely N-dealkylation sites (N-methyl/N-ethyl adjacent to an activating group) is 2. The van der Waals surface area contributed by atoms with E-state index >= 15 is 0 Å². The number of methoxy groups -OCH3 is 3. The highest BCUT2D eigenvalue weighted by Crippen LogP contribution is 2.32. The van der Waals surface area contributed by atoms with Crippen LogP contribution >= 0.6 is 0 Å². The maximum absolute atomic E-state index is 14.9. The molecule has 0 aromatic heterocycles. The lowest BCUT2D eigenvalue weighted by atomic mass is 9.89. The number of nitrogens with two attached hydrogens (primary N) is 1. The maximum atomic E-state index is 14.9. The summed E-state index contributed by atoms with van der Waals surface area (Å²) in [5.41, 5.74) is 8.62. The number of nitrogens with one attached hydrogen (secondary N) is 6. The Labute approximate surface area is 644 Å². The SMILES string of the molecule is CC[C@H](C)[C@@H]([C@@H](CC(=O)N1CCC[C@H]1[C@H](OC)[C@@H](C)C(=O)N[C@@H](Cc1ccccc1)C(=O)OC)OC)N(C)C(=O)[C@@H](NC(=O)[C@H](C(C)C)N(C)CCc1ccc(N(C)C(=O)OCc2ccc(NC(=O)[C@H](CCCNC(N)=O)NC(=O)[C@@H](NC(=O)CCCCCN3C(=O)CC(C(C)C)C3=O)C(C)C)cc2)cc1)C(C)C. The number of primary amides is 1. The van der Waals surface area contributed by atoms with Gasteiger partial charge >= 0.3 is 18.1 Å². The van der Waals surface area contributed by atoms with Gasteiger partial charge in [0.05, 0.1) is 49.8 Å². The summed E-state index contributed by atoms with van der Waals surface area (Å²) in [7, 11) is 9.47. The molecule has 0 aliphatic carbocycles. The Kier molecular flexibility index (Phi) is 37.1. The van der Waals surface area contributed by atoms with Crippen LogP contribution in [0.15, 0.2) is 78.9 Å². The van der Waals surface area contributed by atoms with E-state index in [1.807, 2.05) is 110 Å². The number of hydrogen-bond acceptors (Lipinski definition) is 17. The average molecular weight is 1520 g/mol. The summed E-state index contributed by atoms with van der Waals surface area (Å²) in [5.74, 6) is -5.63. The number of ether oxygens (including phenoxy) is 4. The van der Waals surface area contributed by atoms with Crippen LogP contribution < -0.4 is 42.5 Å². The Morgan fingerprint density at radius 3 is 1.89 bits per heavy atom. The smallest absolute Gasteiger partial charge is 0.414 e. The minimum atomic E-state index is -1.08. The molecule has 3 aromatic rings. The molecule has 0 spiro atoms. The summed E-state index contributed by atoms with van der Waals surface area (Å²) in [6.45, 7) is 22.0. The Morgan fingerprint density at radius 1 is 0.670 bits per heavy atom. The van der Waals surface area contributed by atoms with Crippen molar-refractivity contribution < 1.29 is 76.5 Å². The van der Waals surface area contributed by atoms with E-state index in [1.54, 1.807) is 81.1 Å². The van der Waals surface area contributed by atoms with Crippen LogP contribution in [-0.2, 0) is 86.3 Å². The highest BCUT2D eigenvalue weighted by Gasteiger charge is 2.45. The average Bonchev–Trinajstić information content (AvgIpc) is 1.81. The number of esters is 1. The number of amides is 12. The van der Waals surface area contributed by atoms with Crippen LogP contribution in [0.4, 0.5) is 21.0 Å². The van der Waals surface area contributed by atoms with Crippen LogP contribution in [0.25, 0.3) is 0 Å². The van der Waals surface area contributed by atoms with Crippen molar-refractivity contribution in [3.8, 4) is 0 Å². The van der Waals surface area contributed by atoms with Crippen molar-refractivity contribution in [1.29, 1.82) is 0 Å². The monoisotopic (exact) mass is 1520 g/mol. The van der Waals surface area contributed by atoms with Gasteiger partial charge in [0, 0.05) is 91.0 Å². The van der Waals surface area contributed by atoms with Crippen molar-refractivity contribution in [1.82, 2.24) is 46.2 Å². The minimum Gasteiger partial charge on any atom is -0.467 e. The van der Waals surface area contributed by atoms with E-state index in [0.29, 0.717) is 81.5 Å². The van der Waals surface area contributed by atoms with E-state index in [0.717, 1.165) is 11.1 Å². The van der Waals surface area contributed by atoms with Crippen LogP contribution in [0.5, 0.6) is 0 Å². The van der Waals surface area contributed by atoms with E-state index in [-0.39, 0.29) is 123 Å². The first-order valence-corrected chi connectivity index (χ1v) is 38.6. The number of anilines is 2. The molecule has 12 atom stereocenters. The van der Waals surface area contributed by atoms with E-state index in [9.17, 15) is 57.5 Å².